The first-order valence-electron chi connectivity index (χ1n) is 7.02. The molecule has 0 amide bonds. The van der Waals surface area contributed by atoms with E-state index >= 15 is 0 Å². The number of rotatable bonds is 5. The maximum Gasteiger partial charge on any atom is 0.316 e. The highest BCUT2D eigenvalue weighted by Gasteiger charge is 2.25. The van der Waals surface area contributed by atoms with Crippen LogP contribution in [0.5, 0.6) is 0 Å². The minimum Gasteiger partial charge on any atom is -0.465 e. The Morgan fingerprint density at radius 2 is 1.70 bits per heavy atom. The molecule has 0 aromatic heterocycles. The fraction of sp³-hybridized carbons (Fsp3) is 0.529. The van der Waals surface area contributed by atoms with E-state index in [1.165, 1.54) is 12.5 Å². The molecule has 0 aliphatic heterocycles. The van der Waals surface area contributed by atoms with E-state index in [0.29, 0.717) is 13.0 Å². The average molecular weight is 276 g/mol. The molecular formula is C17H24O3. The summed E-state index contributed by atoms with van der Waals surface area (Å²) in [6.45, 7) is 9.93. The van der Waals surface area contributed by atoms with Gasteiger partial charge in [0, 0.05) is 0 Å². The first-order chi connectivity index (χ1) is 9.25. The SMILES string of the molecule is CCOC(=O)[C@@H](Cc1ccc(C(C)(C)C)cc1)C(C)=O. The molecule has 1 aromatic rings. The number of carbonyl (C=O) groups excluding carboxylic acids is 2. The second-order valence-corrected chi connectivity index (χ2v) is 6.07. The van der Waals surface area contributed by atoms with Crippen molar-refractivity contribution >= 4 is 11.8 Å². The van der Waals surface area contributed by atoms with Gasteiger partial charge in [-0.3, -0.25) is 9.59 Å². The predicted octanol–water partition coefficient (Wildman–Crippen LogP) is 3.29. The molecule has 0 bridgehead atoms. The number of Topliss-reactive ketones (excluding diaryl/α,β-unsaturated/α-hetero) is 1. The minimum atomic E-state index is -0.699. The van der Waals surface area contributed by atoms with Gasteiger partial charge in [0.05, 0.1) is 6.61 Å². The van der Waals surface area contributed by atoms with Crippen molar-refractivity contribution in [2.45, 2.75) is 46.5 Å². The van der Waals surface area contributed by atoms with E-state index < -0.39 is 11.9 Å². The Hall–Kier alpha value is -1.64. The molecule has 0 aliphatic carbocycles. The monoisotopic (exact) mass is 276 g/mol. The summed E-state index contributed by atoms with van der Waals surface area (Å²) >= 11 is 0. The summed E-state index contributed by atoms with van der Waals surface area (Å²) < 4.78 is 4.96. The smallest absolute Gasteiger partial charge is 0.316 e. The van der Waals surface area contributed by atoms with Crippen molar-refractivity contribution < 1.29 is 14.3 Å². The van der Waals surface area contributed by atoms with Gasteiger partial charge < -0.3 is 4.74 Å². The molecule has 110 valence electrons. The second kappa shape index (κ2) is 6.69. The van der Waals surface area contributed by atoms with Crippen LogP contribution in [0.15, 0.2) is 24.3 Å². The van der Waals surface area contributed by atoms with Crippen molar-refractivity contribution in [1.82, 2.24) is 0 Å². The summed E-state index contributed by atoms with van der Waals surface area (Å²) in [4.78, 5) is 23.4. The fourth-order valence-electron chi connectivity index (χ4n) is 2.01. The van der Waals surface area contributed by atoms with Crippen LogP contribution >= 0.6 is 0 Å². The molecule has 0 radical (unpaired) electrons. The third-order valence-electron chi connectivity index (χ3n) is 3.32. The lowest BCUT2D eigenvalue weighted by Gasteiger charge is -2.19. The molecule has 0 fully saturated rings. The Bertz CT molecular complexity index is 466. The summed E-state index contributed by atoms with van der Waals surface area (Å²) in [5, 5.41) is 0. The minimum absolute atomic E-state index is 0.0969. The van der Waals surface area contributed by atoms with Crippen LogP contribution in [-0.2, 0) is 26.2 Å². The number of esters is 1. The van der Waals surface area contributed by atoms with E-state index in [2.05, 4.69) is 32.9 Å². The van der Waals surface area contributed by atoms with Crippen molar-refractivity contribution in [1.29, 1.82) is 0 Å². The lowest BCUT2D eigenvalue weighted by atomic mass is 9.86. The van der Waals surface area contributed by atoms with Crippen LogP contribution < -0.4 is 0 Å². The zero-order chi connectivity index (χ0) is 15.3. The van der Waals surface area contributed by atoms with Crippen LogP contribution in [0.3, 0.4) is 0 Å². The Balaban J connectivity index is 2.85. The summed E-state index contributed by atoms with van der Waals surface area (Å²) in [5.74, 6) is -1.28. The highest BCUT2D eigenvalue weighted by molar-refractivity contribution is 5.98. The third kappa shape index (κ3) is 4.48. The molecule has 0 unspecified atom stereocenters. The molecule has 0 N–H and O–H groups in total. The van der Waals surface area contributed by atoms with Crippen molar-refractivity contribution in [3.05, 3.63) is 35.4 Å². The van der Waals surface area contributed by atoms with Crippen LogP contribution in [0.25, 0.3) is 0 Å². The second-order valence-electron chi connectivity index (χ2n) is 6.07. The molecule has 0 heterocycles. The average Bonchev–Trinajstić information content (AvgIpc) is 2.35. The quantitative estimate of drug-likeness (QED) is 0.612. The van der Waals surface area contributed by atoms with E-state index in [1.54, 1.807) is 6.92 Å². The van der Waals surface area contributed by atoms with Gasteiger partial charge in [-0.05, 0) is 36.8 Å². The molecule has 1 aromatic carbocycles. The Morgan fingerprint density at radius 1 is 1.15 bits per heavy atom. The van der Waals surface area contributed by atoms with Gasteiger partial charge >= 0.3 is 5.97 Å². The van der Waals surface area contributed by atoms with Crippen molar-refractivity contribution in [2.75, 3.05) is 6.61 Å². The summed E-state index contributed by atoms with van der Waals surface area (Å²) in [6, 6.07) is 8.07. The van der Waals surface area contributed by atoms with Gasteiger partial charge in [0.1, 0.15) is 11.7 Å². The molecular weight excluding hydrogens is 252 g/mol. The Labute approximate surface area is 121 Å². The van der Waals surface area contributed by atoms with Crippen LogP contribution in [0.2, 0.25) is 0 Å². The molecule has 1 rings (SSSR count). The molecule has 0 spiro atoms. The Kier molecular flexibility index (Phi) is 5.49. The largest absolute Gasteiger partial charge is 0.465 e. The van der Waals surface area contributed by atoms with E-state index in [0.717, 1.165) is 5.56 Å². The van der Waals surface area contributed by atoms with Gasteiger partial charge in [0.15, 0.2) is 0 Å². The van der Waals surface area contributed by atoms with Gasteiger partial charge in [0.2, 0.25) is 0 Å². The lowest BCUT2D eigenvalue weighted by molar-refractivity contribution is -0.151. The zero-order valence-electron chi connectivity index (χ0n) is 13.0. The maximum atomic E-state index is 11.8. The number of hydrogen-bond donors (Lipinski definition) is 0. The molecule has 20 heavy (non-hydrogen) atoms. The van der Waals surface area contributed by atoms with Crippen LogP contribution in [0.4, 0.5) is 0 Å². The molecule has 0 saturated carbocycles. The number of hydrogen-bond acceptors (Lipinski definition) is 3. The van der Waals surface area contributed by atoms with Crippen molar-refractivity contribution in [3.63, 3.8) is 0 Å². The fourth-order valence-corrected chi connectivity index (χ4v) is 2.01. The van der Waals surface area contributed by atoms with Gasteiger partial charge in [-0.1, -0.05) is 45.0 Å². The zero-order valence-corrected chi connectivity index (χ0v) is 13.0. The highest BCUT2D eigenvalue weighted by Crippen LogP contribution is 2.23. The predicted molar refractivity (Wildman–Crippen MR) is 79.7 cm³/mol. The molecule has 0 saturated heterocycles. The number of carbonyl (C=O) groups is 2. The summed E-state index contributed by atoms with van der Waals surface area (Å²) in [6.07, 6.45) is 0.401. The number of ketones is 1. The molecule has 3 heteroatoms. The number of benzene rings is 1. The summed E-state index contributed by atoms with van der Waals surface area (Å²) in [7, 11) is 0. The molecule has 0 aliphatic rings. The Morgan fingerprint density at radius 3 is 2.10 bits per heavy atom. The number of ether oxygens (including phenoxy) is 1. The highest BCUT2D eigenvalue weighted by atomic mass is 16.5. The standard InChI is InChI=1S/C17H24O3/c1-6-20-16(19)15(12(2)18)11-13-7-9-14(10-8-13)17(3,4)5/h7-10,15H,6,11H2,1-5H3/t15-/m0/s1. The third-order valence-corrected chi connectivity index (χ3v) is 3.32. The van der Waals surface area contributed by atoms with Crippen LogP contribution in [0, 0.1) is 5.92 Å². The van der Waals surface area contributed by atoms with Gasteiger partial charge in [-0.2, -0.15) is 0 Å². The normalized spacial score (nSPS) is 12.8. The van der Waals surface area contributed by atoms with Gasteiger partial charge in [0.25, 0.3) is 0 Å². The van der Waals surface area contributed by atoms with Crippen molar-refractivity contribution in [2.24, 2.45) is 5.92 Å². The first-order valence-corrected chi connectivity index (χ1v) is 7.02. The van der Waals surface area contributed by atoms with E-state index in [9.17, 15) is 9.59 Å². The van der Waals surface area contributed by atoms with Crippen LogP contribution in [0.1, 0.15) is 45.7 Å². The van der Waals surface area contributed by atoms with Crippen LogP contribution in [-0.4, -0.2) is 18.4 Å². The van der Waals surface area contributed by atoms with E-state index in [4.69, 9.17) is 4.74 Å². The van der Waals surface area contributed by atoms with Gasteiger partial charge in [-0.25, -0.2) is 0 Å². The first kappa shape index (κ1) is 16.4. The molecule has 3 nitrogen and oxygen atoms in total. The summed E-state index contributed by atoms with van der Waals surface area (Å²) in [5.41, 5.74) is 2.31. The van der Waals surface area contributed by atoms with Crippen molar-refractivity contribution in [3.8, 4) is 0 Å². The van der Waals surface area contributed by atoms with E-state index in [1.807, 2.05) is 12.1 Å². The van der Waals surface area contributed by atoms with E-state index in [-0.39, 0.29) is 11.2 Å². The lowest BCUT2D eigenvalue weighted by Crippen LogP contribution is -2.26. The maximum absolute atomic E-state index is 11.8. The van der Waals surface area contributed by atoms with Gasteiger partial charge in [-0.15, -0.1) is 0 Å². The topological polar surface area (TPSA) is 43.4 Å². The molecule has 1 atom stereocenters.